The molecule has 2 aromatic carbocycles. The predicted octanol–water partition coefficient (Wildman–Crippen LogP) is 3.61. The Labute approximate surface area is 187 Å². The Balaban J connectivity index is 1.36. The van der Waals surface area contributed by atoms with Gasteiger partial charge in [0.15, 0.2) is 5.13 Å². The molecule has 1 saturated heterocycles. The summed E-state index contributed by atoms with van der Waals surface area (Å²) in [6, 6.07) is 13.1. The third-order valence-electron chi connectivity index (χ3n) is 5.38. The van der Waals surface area contributed by atoms with Crippen LogP contribution < -0.4 is 10.2 Å². The van der Waals surface area contributed by atoms with Crippen molar-refractivity contribution in [1.82, 2.24) is 9.88 Å². The van der Waals surface area contributed by atoms with Crippen LogP contribution in [-0.4, -0.2) is 53.0 Å². The van der Waals surface area contributed by atoms with E-state index in [9.17, 15) is 14.4 Å². The van der Waals surface area contributed by atoms with Crippen LogP contribution in [0.5, 0.6) is 0 Å². The van der Waals surface area contributed by atoms with Crippen molar-refractivity contribution in [2.24, 2.45) is 0 Å². The number of carbonyl (C=O) groups excluding carboxylic acids is 3. The lowest BCUT2D eigenvalue weighted by molar-refractivity contribution is -0.120. The van der Waals surface area contributed by atoms with Crippen molar-refractivity contribution in [3.8, 4) is 0 Å². The minimum atomic E-state index is -0.318. The van der Waals surface area contributed by atoms with E-state index in [1.807, 2.05) is 41.3 Å². The van der Waals surface area contributed by atoms with Gasteiger partial charge in [0, 0.05) is 23.5 Å². The van der Waals surface area contributed by atoms with E-state index in [0.29, 0.717) is 16.4 Å². The van der Waals surface area contributed by atoms with Crippen molar-refractivity contribution in [1.29, 1.82) is 0 Å². The molecule has 3 heterocycles. The molecule has 0 spiro atoms. The zero-order valence-corrected chi connectivity index (χ0v) is 18.3. The van der Waals surface area contributed by atoms with Gasteiger partial charge in [-0.05, 0) is 43.2 Å². The fourth-order valence-corrected chi connectivity index (χ4v) is 5.64. The lowest BCUT2D eigenvalue weighted by Gasteiger charge is -2.29. The molecule has 3 amide bonds. The first-order valence-electron chi connectivity index (χ1n) is 10.1. The van der Waals surface area contributed by atoms with E-state index in [4.69, 9.17) is 0 Å². The number of hydrogen-bond donors (Lipinski definition) is 1. The summed E-state index contributed by atoms with van der Waals surface area (Å²) >= 11 is 2.82. The van der Waals surface area contributed by atoms with E-state index in [1.54, 1.807) is 6.07 Å². The Bertz CT molecular complexity index is 1150. The largest absolute Gasteiger partial charge is 0.339 e. The molecule has 158 valence electrons. The van der Waals surface area contributed by atoms with Crippen LogP contribution in [0.3, 0.4) is 0 Å². The third kappa shape index (κ3) is 4.03. The Kier molecular flexibility index (Phi) is 5.37. The fourth-order valence-electron chi connectivity index (χ4n) is 3.84. The van der Waals surface area contributed by atoms with Crippen molar-refractivity contribution in [3.63, 3.8) is 0 Å². The second-order valence-electron chi connectivity index (χ2n) is 7.49. The maximum absolute atomic E-state index is 12.8. The van der Waals surface area contributed by atoms with Crippen LogP contribution in [0.4, 0.5) is 10.8 Å². The Morgan fingerprint density at radius 2 is 1.90 bits per heavy atom. The number of benzene rings is 2. The van der Waals surface area contributed by atoms with Crippen molar-refractivity contribution >= 4 is 61.9 Å². The van der Waals surface area contributed by atoms with E-state index in [2.05, 4.69) is 10.3 Å². The predicted molar refractivity (Wildman–Crippen MR) is 123 cm³/mol. The van der Waals surface area contributed by atoms with Gasteiger partial charge >= 0.3 is 0 Å². The number of thioether (sulfide) groups is 1. The number of para-hydroxylation sites is 1. The van der Waals surface area contributed by atoms with Gasteiger partial charge in [-0.15, -0.1) is 11.8 Å². The number of nitrogens with one attached hydrogen (secondary N) is 1. The standard InChI is InChI=1S/C22H20N4O3S2/c27-19(24-22-23-15-5-1-2-6-17(15)31-22)12-26-16-11-14(21(29)25-9-3-4-10-25)7-8-18(16)30-13-20(26)28/h1-2,5-8,11H,3-4,9-10,12-13H2,(H,23,24,27). The third-order valence-corrected chi connectivity index (χ3v) is 7.38. The van der Waals surface area contributed by atoms with Crippen LogP contribution in [0.15, 0.2) is 47.4 Å². The molecule has 1 aromatic heterocycles. The number of carbonyl (C=O) groups is 3. The topological polar surface area (TPSA) is 82.6 Å². The summed E-state index contributed by atoms with van der Waals surface area (Å²) in [5.74, 6) is -0.229. The molecule has 1 fully saturated rings. The van der Waals surface area contributed by atoms with E-state index in [1.165, 1.54) is 28.0 Å². The molecule has 0 saturated carbocycles. The van der Waals surface area contributed by atoms with Crippen LogP contribution in [0.2, 0.25) is 0 Å². The molecule has 0 bridgehead atoms. The second kappa shape index (κ2) is 8.32. The molecule has 0 aliphatic carbocycles. The summed E-state index contributed by atoms with van der Waals surface area (Å²) in [5.41, 5.74) is 1.99. The van der Waals surface area contributed by atoms with Crippen molar-refractivity contribution in [2.45, 2.75) is 17.7 Å². The first-order chi connectivity index (χ1) is 15.1. The normalized spacial score (nSPS) is 15.9. The molecular formula is C22H20N4O3S2. The highest BCUT2D eigenvalue weighted by atomic mass is 32.2. The Hall–Kier alpha value is -2.91. The molecular weight excluding hydrogens is 432 g/mol. The van der Waals surface area contributed by atoms with E-state index < -0.39 is 0 Å². The summed E-state index contributed by atoms with van der Waals surface area (Å²) in [6.45, 7) is 1.40. The van der Waals surface area contributed by atoms with Crippen molar-refractivity contribution in [3.05, 3.63) is 48.0 Å². The smallest absolute Gasteiger partial charge is 0.253 e. The number of hydrogen-bond acceptors (Lipinski definition) is 6. The molecule has 2 aliphatic rings. The molecule has 2 aliphatic heterocycles. The van der Waals surface area contributed by atoms with Gasteiger partial charge in [0.1, 0.15) is 6.54 Å². The minimum Gasteiger partial charge on any atom is -0.339 e. The lowest BCUT2D eigenvalue weighted by Crippen LogP contribution is -2.41. The monoisotopic (exact) mass is 452 g/mol. The maximum atomic E-state index is 12.8. The van der Waals surface area contributed by atoms with Gasteiger partial charge in [-0.1, -0.05) is 23.5 Å². The lowest BCUT2D eigenvalue weighted by atomic mass is 10.1. The Morgan fingerprint density at radius 1 is 1.10 bits per heavy atom. The van der Waals surface area contributed by atoms with Gasteiger partial charge in [-0.3, -0.25) is 14.4 Å². The van der Waals surface area contributed by atoms with E-state index in [0.717, 1.165) is 41.0 Å². The van der Waals surface area contributed by atoms with Crippen LogP contribution in [-0.2, 0) is 9.59 Å². The van der Waals surface area contributed by atoms with E-state index in [-0.39, 0.29) is 30.0 Å². The van der Waals surface area contributed by atoms with Gasteiger partial charge in [-0.25, -0.2) is 4.98 Å². The molecule has 0 radical (unpaired) electrons. The van der Waals surface area contributed by atoms with Gasteiger partial charge < -0.3 is 15.1 Å². The summed E-state index contributed by atoms with van der Waals surface area (Å²) in [6.07, 6.45) is 2.03. The molecule has 1 N–H and O–H groups in total. The molecule has 0 unspecified atom stereocenters. The average molecular weight is 453 g/mol. The fraction of sp³-hybridized carbons (Fsp3) is 0.273. The highest BCUT2D eigenvalue weighted by molar-refractivity contribution is 8.00. The molecule has 0 atom stereocenters. The van der Waals surface area contributed by atoms with Crippen molar-refractivity contribution in [2.75, 3.05) is 35.6 Å². The minimum absolute atomic E-state index is 0.0257. The second-order valence-corrected chi connectivity index (χ2v) is 9.53. The summed E-state index contributed by atoms with van der Waals surface area (Å²) < 4.78 is 0.985. The maximum Gasteiger partial charge on any atom is 0.253 e. The van der Waals surface area contributed by atoms with Crippen LogP contribution in [0, 0.1) is 0 Å². The first-order valence-corrected chi connectivity index (χ1v) is 11.9. The van der Waals surface area contributed by atoms with Crippen LogP contribution in [0.25, 0.3) is 10.2 Å². The number of likely N-dealkylation sites (tertiary alicyclic amines) is 1. The summed E-state index contributed by atoms with van der Waals surface area (Å²) in [5, 5.41) is 3.31. The van der Waals surface area contributed by atoms with Gasteiger partial charge in [0.25, 0.3) is 5.91 Å². The van der Waals surface area contributed by atoms with Crippen LogP contribution >= 0.6 is 23.1 Å². The highest BCUT2D eigenvalue weighted by Crippen LogP contribution is 2.36. The number of anilines is 2. The first kappa shape index (κ1) is 20.0. The summed E-state index contributed by atoms with van der Waals surface area (Å²) in [7, 11) is 0. The number of nitrogens with zero attached hydrogens (tertiary/aromatic N) is 3. The zero-order chi connectivity index (χ0) is 21.4. The van der Waals surface area contributed by atoms with Gasteiger partial charge in [-0.2, -0.15) is 0 Å². The molecule has 7 nitrogen and oxygen atoms in total. The Morgan fingerprint density at radius 3 is 2.71 bits per heavy atom. The molecule has 5 rings (SSSR count). The number of amides is 3. The number of fused-ring (bicyclic) bond motifs is 2. The number of thiazole rings is 1. The van der Waals surface area contributed by atoms with Gasteiger partial charge in [0.05, 0.1) is 21.7 Å². The molecule has 31 heavy (non-hydrogen) atoms. The number of rotatable bonds is 4. The van der Waals surface area contributed by atoms with Gasteiger partial charge in [0.2, 0.25) is 11.8 Å². The average Bonchev–Trinajstić information content (AvgIpc) is 3.44. The van der Waals surface area contributed by atoms with Crippen LogP contribution in [0.1, 0.15) is 23.2 Å². The quantitative estimate of drug-likeness (QED) is 0.654. The van der Waals surface area contributed by atoms with Crippen molar-refractivity contribution < 1.29 is 14.4 Å². The van der Waals surface area contributed by atoms with E-state index >= 15 is 0 Å². The number of aromatic nitrogens is 1. The summed E-state index contributed by atoms with van der Waals surface area (Å²) in [4.78, 5) is 46.8. The molecule has 9 heteroatoms. The molecule has 3 aromatic rings. The highest BCUT2D eigenvalue weighted by Gasteiger charge is 2.29. The SMILES string of the molecule is O=C(CN1C(=O)CSc2ccc(C(=O)N3CCCC3)cc21)Nc1nc2ccccc2s1. The zero-order valence-electron chi connectivity index (χ0n) is 16.7.